The standard InChI is InChI=1S/C16H12F2N2O/c1-20-15-5-3-2-4-11(15)14(19-20)9-16(21)12-8-10(17)6-7-13(12)18/h2-8H,9H2,1H3. The summed E-state index contributed by atoms with van der Waals surface area (Å²) >= 11 is 0. The molecule has 3 nitrogen and oxygen atoms in total. The van der Waals surface area contributed by atoms with Gasteiger partial charge in [0.1, 0.15) is 11.6 Å². The normalized spacial score (nSPS) is 11.0. The van der Waals surface area contributed by atoms with Crippen molar-refractivity contribution in [1.29, 1.82) is 0 Å². The fourth-order valence-electron chi connectivity index (χ4n) is 2.38. The summed E-state index contributed by atoms with van der Waals surface area (Å²) in [4.78, 5) is 12.2. The van der Waals surface area contributed by atoms with Gasteiger partial charge in [-0.2, -0.15) is 5.10 Å². The first-order valence-electron chi connectivity index (χ1n) is 6.45. The number of para-hydroxylation sites is 1. The number of hydrogen-bond donors (Lipinski definition) is 0. The maximum atomic E-state index is 13.6. The van der Waals surface area contributed by atoms with Crippen LogP contribution in [-0.4, -0.2) is 15.6 Å². The molecule has 1 heterocycles. The fraction of sp³-hybridized carbons (Fsp3) is 0.125. The minimum absolute atomic E-state index is 0.0677. The molecule has 0 saturated heterocycles. The van der Waals surface area contributed by atoms with Crippen LogP contribution in [0.5, 0.6) is 0 Å². The molecule has 0 radical (unpaired) electrons. The maximum Gasteiger partial charge on any atom is 0.171 e. The number of rotatable bonds is 3. The number of hydrogen-bond acceptors (Lipinski definition) is 2. The second-order valence-electron chi connectivity index (χ2n) is 4.81. The van der Waals surface area contributed by atoms with Gasteiger partial charge in [0.15, 0.2) is 5.78 Å². The van der Waals surface area contributed by atoms with E-state index in [-0.39, 0.29) is 12.0 Å². The predicted molar refractivity (Wildman–Crippen MR) is 75.1 cm³/mol. The summed E-state index contributed by atoms with van der Waals surface area (Å²) in [6.07, 6.45) is -0.0677. The van der Waals surface area contributed by atoms with Crippen LogP contribution in [-0.2, 0) is 13.5 Å². The molecule has 5 heteroatoms. The van der Waals surface area contributed by atoms with Crippen LogP contribution in [0, 0.1) is 11.6 Å². The third-order valence-electron chi connectivity index (χ3n) is 3.39. The lowest BCUT2D eigenvalue weighted by Gasteiger charge is -2.01. The molecule has 0 atom stereocenters. The van der Waals surface area contributed by atoms with E-state index >= 15 is 0 Å². The van der Waals surface area contributed by atoms with Crippen LogP contribution in [0.4, 0.5) is 8.78 Å². The van der Waals surface area contributed by atoms with Crippen LogP contribution in [0.1, 0.15) is 16.1 Å². The smallest absolute Gasteiger partial charge is 0.171 e. The molecule has 0 aliphatic heterocycles. The Bertz CT molecular complexity index is 839. The van der Waals surface area contributed by atoms with Gasteiger partial charge in [0.05, 0.1) is 23.2 Å². The Hall–Kier alpha value is -2.56. The summed E-state index contributed by atoms with van der Waals surface area (Å²) < 4.78 is 28.5. The third-order valence-corrected chi connectivity index (χ3v) is 3.39. The first-order chi connectivity index (χ1) is 10.1. The second-order valence-corrected chi connectivity index (χ2v) is 4.81. The lowest BCUT2D eigenvalue weighted by Crippen LogP contribution is -2.07. The summed E-state index contributed by atoms with van der Waals surface area (Å²) in [6, 6.07) is 10.3. The lowest BCUT2D eigenvalue weighted by molar-refractivity contribution is 0.0987. The monoisotopic (exact) mass is 286 g/mol. The predicted octanol–water partition coefficient (Wildman–Crippen LogP) is 3.28. The van der Waals surface area contributed by atoms with Crippen molar-refractivity contribution in [2.45, 2.75) is 6.42 Å². The van der Waals surface area contributed by atoms with Crippen molar-refractivity contribution in [3.05, 3.63) is 65.4 Å². The van der Waals surface area contributed by atoms with E-state index in [2.05, 4.69) is 5.10 Å². The molecule has 0 fully saturated rings. The highest BCUT2D eigenvalue weighted by Gasteiger charge is 2.17. The van der Waals surface area contributed by atoms with E-state index in [1.807, 2.05) is 24.3 Å². The highest BCUT2D eigenvalue weighted by molar-refractivity contribution is 5.99. The average molecular weight is 286 g/mol. The summed E-state index contributed by atoms with van der Waals surface area (Å²) in [5.41, 5.74) is 1.20. The van der Waals surface area contributed by atoms with E-state index in [1.165, 1.54) is 0 Å². The topological polar surface area (TPSA) is 34.9 Å². The highest BCUT2D eigenvalue weighted by Crippen LogP contribution is 2.20. The number of fused-ring (bicyclic) bond motifs is 1. The van der Waals surface area contributed by atoms with Crippen molar-refractivity contribution in [3.8, 4) is 0 Å². The van der Waals surface area contributed by atoms with Crippen molar-refractivity contribution in [3.63, 3.8) is 0 Å². The zero-order valence-corrected chi connectivity index (χ0v) is 11.3. The number of Topliss-reactive ketones (excluding diaryl/α,β-unsaturated/α-hetero) is 1. The number of aromatic nitrogens is 2. The first kappa shape index (κ1) is 13.4. The summed E-state index contributed by atoms with van der Waals surface area (Å²) in [5, 5.41) is 5.13. The van der Waals surface area contributed by atoms with Crippen molar-refractivity contribution in [2.75, 3.05) is 0 Å². The Balaban J connectivity index is 1.99. The summed E-state index contributed by atoms with van der Waals surface area (Å²) in [6.45, 7) is 0. The Morgan fingerprint density at radius 2 is 1.95 bits per heavy atom. The van der Waals surface area contributed by atoms with Gasteiger partial charge in [0, 0.05) is 12.4 Å². The van der Waals surface area contributed by atoms with Crippen molar-refractivity contribution in [2.24, 2.45) is 7.05 Å². The number of halogens is 2. The van der Waals surface area contributed by atoms with Crippen LogP contribution in [0.25, 0.3) is 10.9 Å². The molecule has 3 aromatic rings. The van der Waals surface area contributed by atoms with E-state index in [0.29, 0.717) is 5.69 Å². The molecule has 1 aromatic heterocycles. The average Bonchev–Trinajstić information content (AvgIpc) is 2.78. The van der Waals surface area contributed by atoms with Crippen LogP contribution in [0.15, 0.2) is 42.5 Å². The van der Waals surface area contributed by atoms with E-state index in [0.717, 1.165) is 29.1 Å². The minimum atomic E-state index is -0.721. The molecule has 0 aliphatic rings. The maximum absolute atomic E-state index is 13.6. The molecule has 0 unspecified atom stereocenters. The van der Waals surface area contributed by atoms with Gasteiger partial charge >= 0.3 is 0 Å². The number of carbonyl (C=O) groups excluding carboxylic acids is 1. The Kier molecular flexibility index (Phi) is 3.25. The number of ketones is 1. The fourth-order valence-corrected chi connectivity index (χ4v) is 2.38. The SMILES string of the molecule is Cn1nc(CC(=O)c2cc(F)ccc2F)c2ccccc21. The van der Waals surface area contributed by atoms with Crippen LogP contribution in [0.3, 0.4) is 0 Å². The number of benzene rings is 2. The van der Waals surface area contributed by atoms with Gasteiger partial charge in [-0.05, 0) is 24.3 Å². The molecule has 2 aromatic carbocycles. The second kappa shape index (κ2) is 5.09. The molecule has 21 heavy (non-hydrogen) atoms. The van der Waals surface area contributed by atoms with Gasteiger partial charge in [0.2, 0.25) is 0 Å². The van der Waals surface area contributed by atoms with Gasteiger partial charge in [-0.15, -0.1) is 0 Å². The van der Waals surface area contributed by atoms with Gasteiger partial charge in [-0.3, -0.25) is 9.48 Å². The van der Waals surface area contributed by atoms with Gasteiger partial charge in [0.25, 0.3) is 0 Å². The van der Waals surface area contributed by atoms with Crippen molar-refractivity contribution >= 4 is 16.7 Å². The number of aryl methyl sites for hydroxylation is 1. The van der Waals surface area contributed by atoms with E-state index in [1.54, 1.807) is 11.7 Å². The molecule has 0 amide bonds. The van der Waals surface area contributed by atoms with Gasteiger partial charge in [-0.25, -0.2) is 8.78 Å². The Morgan fingerprint density at radius 1 is 1.19 bits per heavy atom. The Labute approximate surface area is 119 Å². The summed E-state index contributed by atoms with van der Waals surface area (Å²) in [5.74, 6) is -1.84. The lowest BCUT2D eigenvalue weighted by atomic mass is 10.0. The molecular formula is C16H12F2N2O. The first-order valence-corrected chi connectivity index (χ1v) is 6.45. The molecule has 0 N–H and O–H groups in total. The highest BCUT2D eigenvalue weighted by atomic mass is 19.1. The van der Waals surface area contributed by atoms with E-state index in [4.69, 9.17) is 0 Å². The quantitative estimate of drug-likeness (QED) is 0.693. The molecule has 3 rings (SSSR count). The number of carbonyl (C=O) groups is 1. The number of nitrogens with zero attached hydrogens (tertiary/aromatic N) is 2. The zero-order chi connectivity index (χ0) is 15.0. The summed E-state index contributed by atoms with van der Waals surface area (Å²) in [7, 11) is 1.78. The molecule has 0 spiro atoms. The van der Waals surface area contributed by atoms with Gasteiger partial charge in [-0.1, -0.05) is 18.2 Å². The van der Waals surface area contributed by atoms with E-state index in [9.17, 15) is 13.6 Å². The molecule has 0 saturated carbocycles. The largest absolute Gasteiger partial charge is 0.294 e. The molecular weight excluding hydrogens is 274 g/mol. The zero-order valence-electron chi connectivity index (χ0n) is 11.3. The van der Waals surface area contributed by atoms with Crippen LogP contribution < -0.4 is 0 Å². The van der Waals surface area contributed by atoms with Crippen molar-refractivity contribution in [1.82, 2.24) is 9.78 Å². The van der Waals surface area contributed by atoms with Crippen LogP contribution in [0.2, 0.25) is 0 Å². The molecule has 0 aliphatic carbocycles. The minimum Gasteiger partial charge on any atom is -0.294 e. The third kappa shape index (κ3) is 2.42. The Morgan fingerprint density at radius 3 is 2.76 bits per heavy atom. The van der Waals surface area contributed by atoms with Gasteiger partial charge < -0.3 is 0 Å². The van der Waals surface area contributed by atoms with E-state index < -0.39 is 17.4 Å². The molecule has 106 valence electrons. The van der Waals surface area contributed by atoms with Crippen LogP contribution >= 0.6 is 0 Å². The molecule has 0 bridgehead atoms. The van der Waals surface area contributed by atoms with Crippen molar-refractivity contribution < 1.29 is 13.6 Å².